The standard InChI is InChI=1S/C7H17N3.HI/c1-6(2)4-5-10-7(8)9-3;/h6H,4-5H2,1-3H3,(H3,8,9,10);1H. The number of nitrogens with two attached hydrogens (primary N) is 1. The van der Waals surface area contributed by atoms with Gasteiger partial charge in [0.25, 0.3) is 0 Å². The minimum absolute atomic E-state index is 0. The van der Waals surface area contributed by atoms with Crippen molar-refractivity contribution >= 4 is 29.9 Å². The van der Waals surface area contributed by atoms with E-state index in [2.05, 4.69) is 24.2 Å². The van der Waals surface area contributed by atoms with Crippen LogP contribution in [0.4, 0.5) is 0 Å². The molecule has 0 spiro atoms. The molecule has 0 heterocycles. The second-order valence-corrected chi connectivity index (χ2v) is 2.72. The first-order valence-corrected chi connectivity index (χ1v) is 3.63. The molecule has 0 aromatic heterocycles. The van der Waals surface area contributed by atoms with E-state index >= 15 is 0 Å². The van der Waals surface area contributed by atoms with Gasteiger partial charge in [0.05, 0.1) is 0 Å². The zero-order chi connectivity index (χ0) is 7.98. The molecule has 3 N–H and O–H groups in total. The lowest BCUT2D eigenvalue weighted by atomic mass is 10.1. The Kier molecular flexibility index (Phi) is 10.0. The predicted octanol–water partition coefficient (Wildman–Crippen LogP) is 1.18. The number of rotatable bonds is 3. The Morgan fingerprint density at radius 3 is 2.45 bits per heavy atom. The average Bonchev–Trinajstić information content (AvgIpc) is 1.87. The van der Waals surface area contributed by atoms with Crippen molar-refractivity contribution in [2.75, 3.05) is 13.6 Å². The van der Waals surface area contributed by atoms with Gasteiger partial charge < -0.3 is 11.1 Å². The van der Waals surface area contributed by atoms with Crippen LogP contribution in [0.25, 0.3) is 0 Å². The summed E-state index contributed by atoms with van der Waals surface area (Å²) in [7, 11) is 1.68. The molecular weight excluding hydrogens is 253 g/mol. The summed E-state index contributed by atoms with van der Waals surface area (Å²) in [5.74, 6) is 1.25. The molecule has 11 heavy (non-hydrogen) atoms. The number of hydrogen-bond acceptors (Lipinski definition) is 1. The van der Waals surface area contributed by atoms with E-state index in [9.17, 15) is 0 Å². The molecule has 4 heteroatoms. The lowest BCUT2D eigenvalue weighted by Gasteiger charge is -2.05. The summed E-state index contributed by atoms with van der Waals surface area (Å²) in [5, 5.41) is 2.99. The van der Waals surface area contributed by atoms with E-state index in [0.29, 0.717) is 5.96 Å². The van der Waals surface area contributed by atoms with Crippen molar-refractivity contribution in [2.45, 2.75) is 20.3 Å². The van der Waals surface area contributed by atoms with Crippen LogP contribution < -0.4 is 11.1 Å². The monoisotopic (exact) mass is 271 g/mol. The number of aliphatic imine (C=N–C) groups is 1. The fourth-order valence-corrected chi connectivity index (χ4v) is 0.568. The third kappa shape index (κ3) is 10.0. The van der Waals surface area contributed by atoms with E-state index in [4.69, 9.17) is 5.73 Å². The molecule has 3 nitrogen and oxygen atoms in total. The Morgan fingerprint density at radius 1 is 1.55 bits per heavy atom. The van der Waals surface area contributed by atoms with Crippen molar-refractivity contribution in [2.24, 2.45) is 16.6 Å². The molecule has 0 saturated heterocycles. The van der Waals surface area contributed by atoms with E-state index in [0.717, 1.165) is 18.9 Å². The lowest BCUT2D eigenvalue weighted by Crippen LogP contribution is -2.32. The van der Waals surface area contributed by atoms with Crippen LogP contribution in [-0.4, -0.2) is 19.6 Å². The van der Waals surface area contributed by atoms with Crippen LogP contribution in [-0.2, 0) is 0 Å². The fraction of sp³-hybridized carbons (Fsp3) is 0.857. The van der Waals surface area contributed by atoms with Crippen molar-refractivity contribution < 1.29 is 0 Å². The van der Waals surface area contributed by atoms with Crippen LogP contribution in [0.1, 0.15) is 20.3 Å². The third-order valence-corrected chi connectivity index (χ3v) is 1.27. The molecule has 0 amide bonds. The molecule has 0 aliphatic heterocycles. The quantitative estimate of drug-likeness (QED) is 0.460. The molecule has 0 aromatic carbocycles. The second kappa shape index (κ2) is 8.10. The molecule has 0 fully saturated rings. The van der Waals surface area contributed by atoms with Gasteiger partial charge in [-0.2, -0.15) is 0 Å². The van der Waals surface area contributed by atoms with Gasteiger partial charge in [-0.1, -0.05) is 13.8 Å². The van der Waals surface area contributed by atoms with Crippen molar-refractivity contribution in [3.05, 3.63) is 0 Å². The Morgan fingerprint density at radius 2 is 2.09 bits per heavy atom. The van der Waals surface area contributed by atoms with Crippen LogP contribution in [0, 0.1) is 5.92 Å². The molecule has 0 bridgehead atoms. The van der Waals surface area contributed by atoms with Crippen LogP contribution in [0.15, 0.2) is 4.99 Å². The van der Waals surface area contributed by atoms with Gasteiger partial charge in [-0.3, -0.25) is 4.99 Å². The molecule has 0 saturated carbocycles. The molecule has 0 aliphatic rings. The minimum atomic E-state index is 0. The van der Waals surface area contributed by atoms with E-state index in [1.165, 1.54) is 0 Å². The Labute approximate surface area is 85.9 Å². The molecule has 0 aliphatic carbocycles. The average molecular weight is 271 g/mol. The first kappa shape index (κ1) is 13.6. The maximum atomic E-state index is 5.40. The number of nitrogens with one attached hydrogen (secondary N) is 1. The molecule has 0 aromatic rings. The maximum Gasteiger partial charge on any atom is 0.188 e. The maximum absolute atomic E-state index is 5.40. The normalized spacial score (nSPS) is 11.1. The van der Waals surface area contributed by atoms with Gasteiger partial charge in [0.15, 0.2) is 5.96 Å². The van der Waals surface area contributed by atoms with E-state index in [1.54, 1.807) is 7.05 Å². The van der Waals surface area contributed by atoms with Gasteiger partial charge in [-0.15, -0.1) is 24.0 Å². The highest BCUT2D eigenvalue weighted by Gasteiger charge is 1.92. The zero-order valence-electron chi connectivity index (χ0n) is 7.42. The Bertz CT molecular complexity index is 112. The minimum Gasteiger partial charge on any atom is -0.370 e. The van der Waals surface area contributed by atoms with Crippen molar-refractivity contribution in [3.8, 4) is 0 Å². The van der Waals surface area contributed by atoms with Crippen molar-refractivity contribution in [1.82, 2.24) is 5.32 Å². The number of hydrogen-bond donors (Lipinski definition) is 2. The van der Waals surface area contributed by atoms with Crippen LogP contribution in [0.2, 0.25) is 0 Å². The number of guanidine groups is 1. The largest absolute Gasteiger partial charge is 0.370 e. The van der Waals surface area contributed by atoms with E-state index in [-0.39, 0.29) is 24.0 Å². The third-order valence-electron chi connectivity index (χ3n) is 1.27. The molecule has 68 valence electrons. The second-order valence-electron chi connectivity index (χ2n) is 2.72. The Balaban J connectivity index is 0. The van der Waals surface area contributed by atoms with E-state index in [1.807, 2.05) is 0 Å². The molecule has 0 radical (unpaired) electrons. The van der Waals surface area contributed by atoms with E-state index < -0.39 is 0 Å². The summed E-state index contributed by atoms with van der Waals surface area (Å²) in [6.07, 6.45) is 1.14. The summed E-state index contributed by atoms with van der Waals surface area (Å²) in [6, 6.07) is 0. The predicted molar refractivity (Wildman–Crippen MR) is 60.4 cm³/mol. The van der Waals surface area contributed by atoms with Gasteiger partial charge in [0, 0.05) is 13.6 Å². The number of nitrogens with zero attached hydrogens (tertiary/aromatic N) is 1. The lowest BCUT2D eigenvalue weighted by molar-refractivity contribution is 0.577. The smallest absolute Gasteiger partial charge is 0.188 e. The number of halogens is 1. The van der Waals surface area contributed by atoms with Crippen molar-refractivity contribution in [1.29, 1.82) is 0 Å². The van der Waals surface area contributed by atoms with Crippen LogP contribution >= 0.6 is 24.0 Å². The summed E-state index contributed by atoms with van der Waals surface area (Å²) in [6.45, 7) is 5.28. The van der Waals surface area contributed by atoms with Gasteiger partial charge in [-0.25, -0.2) is 0 Å². The highest BCUT2D eigenvalue weighted by molar-refractivity contribution is 14.0. The zero-order valence-corrected chi connectivity index (χ0v) is 9.75. The van der Waals surface area contributed by atoms with Gasteiger partial charge >= 0.3 is 0 Å². The SMILES string of the molecule is CN=C(N)NCCC(C)C.I. The Hall–Kier alpha value is 0. The van der Waals surface area contributed by atoms with Gasteiger partial charge in [-0.05, 0) is 12.3 Å². The van der Waals surface area contributed by atoms with Crippen LogP contribution in [0.5, 0.6) is 0 Å². The van der Waals surface area contributed by atoms with Gasteiger partial charge in [0.1, 0.15) is 0 Å². The summed E-state index contributed by atoms with van der Waals surface area (Å²) in [4.78, 5) is 3.77. The van der Waals surface area contributed by atoms with Crippen LogP contribution in [0.3, 0.4) is 0 Å². The molecule has 0 atom stereocenters. The van der Waals surface area contributed by atoms with Crippen molar-refractivity contribution in [3.63, 3.8) is 0 Å². The first-order valence-electron chi connectivity index (χ1n) is 3.63. The summed E-state index contributed by atoms with van der Waals surface area (Å²) < 4.78 is 0. The molecule has 0 rings (SSSR count). The topological polar surface area (TPSA) is 50.4 Å². The first-order chi connectivity index (χ1) is 4.66. The highest BCUT2D eigenvalue weighted by Crippen LogP contribution is 1.95. The molecular formula is C7H18IN3. The summed E-state index contributed by atoms with van der Waals surface area (Å²) >= 11 is 0. The summed E-state index contributed by atoms with van der Waals surface area (Å²) in [5.41, 5.74) is 5.40. The van der Waals surface area contributed by atoms with Gasteiger partial charge in [0.2, 0.25) is 0 Å². The fourth-order valence-electron chi connectivity index (χ4n) is 0.568. The highest BCUT2D eigenvalue weighted by atomic mass is 127. The molecule has 0 unspecified atom stereocenters.